The van der Waals surface area contributed by atoms with Gasteiger partial charge in [-0.3, -0.25) is 4.98 Å². The third kappa shape index (κ3) is 4.79. The first kappa shape index (κ1) is 20.9. The van der Waals surface area contributed by atoms with E-state index in [1.165, 1.54) is 39.5 Å². The highest BCUT2D eigenvalue weighted by Gasteiger charge is 2.19. The summed E-state index contributed by atoms with van der Waals surface area (Å²) in [7, 11) is 8.32. The molecule has 3 aromatic rings. The van der Waals surface area contributed by atoms with Gasteiger partial charge in [0.25, 0.3) is 0 Å². The van der Waals surface area contributed by atoms with E-state index in [-0.39, 0.29) is 5.92 Å². The number of aromatic nitrogens is 1. The van der Waals surface area contributed by atoms with Gasteiger partial charge in [0.1, 0.15) is 0 Å². The number of nitrogens with zero attached hydrogens (tertiary/aromatic N) is 3. The van der Waals surface area contributed by atoms with E-state index in [0.717, 1.165) is 12.8 Å². The van der Waals surface area contributed by atoms with Crippen LogP contribution in [0.2, 0.25) is 0 Å². The second-order valence-corrected chi connectivity index (χ2v) is 8.00. The molecule has 3 rings (SSSR count). The summed E-state index contributed by atoms with van der Waals surface area (Å²) in [6, 6.07) is 22.4. The lowest BCUT2D eigenvalue weighted by molar-refractivity contribution is 0.903. The van der Waals surface area contributed by atoms with Crippen molar-refractivity contribution >= 4 is 11.4 Å². The molecule has 3 heteroatoms. The Hall–Kier alpha value is -2.81. The van der Waals surface area contributed by atoms with Crippen LogP contribution in [0.5, 0.6) is 0 Å². The molecule has 0 saturated carbocycles. The van der Waals surface area contributed by atoms with E-state index in [1.54, 1.807) is 0 Å². The van der Waals surface area contributed by atoms with Gasteiger partial charge < -0.3 is 9.80 Å². The molecule has 0 N–H and O–H groups in total. The minimum Gasteiger partial charge on any atom is -0.378 e. The summed E-state index contributed by atoms with van der Waals surface area (Å²) in [4.78, 5) is 9.08. The van der Waals surface area contributed by atoms with Crippen molar-refractivity contribution in [2.24, 2.45) is 0 Å². The molecule has 0 aliphatic carbocycles. The van der Waals surface area contributed by atoms with Crippen LogP contribution >= 0.6 is 0 Å². The van der Waals surface area contributed by atoms with E-state index in [1.807, 2.05) is 0 Å². The van der Waals surface area contributed by atoms with Crippen LogP contribution < -0.4 is 9.80 Å². The molecule has 0 radical (unpaired) electrons. The maximum atomic E-state index is 4.80. The van der Waals surface area contributed by atoms with Gasteiger partial charge in [-0.2, -0.15) is 0 Å². The molecule has 0 aliphatic heterocycles. The van der Waals surface area contributed by atoms with Gasteiger partial charge in [0.2, 0.25) is 0 Å². The smallest absolute Gasteiger partial charge is 0.0407 e. The topological polar surface area (TPSA) is 19.4 Å². The molecule has 2 aromatic carbocycles. The van der Waals surface area contributed by atoms with Crippen molar-refractivity contribution < 1.29 is 0 Å². The number of pyridine rings is 1. The van der Waals surface area contributed by atoms with Crippen LogP contribution in [0.1, 0.15) is 47.8 Å². The van der Waals surface area contributed by atoms with Crippen molar-refractivity contribution in [3.63, 3.8) is 0 Å². The predicted molar refractivity (Wildman–Crippen MR) is 125 cm³/mol. The van der Waals surface area contributed by atoms with Crippen LogP contribution in [0.25, 0.3) is 0 Å². The fourth-order valence-electron chi connectivity index (χ4n) is 3.71. The number of benzene rings is 2. The van der Waals surface area contributed by atoms with Gasteiger partial charge in [-0.05, 0) is 65.9 Å². The Morgan fingerprint density at radius 2 is 1.00 bits per heavy atom. The molecule has 0 aliphatic rings. The summed E-state index contributed by atoms with van der Waals surface area (Å²) in [6.07, 6.45) is 1.90. The van der Waals surface area contributed by atoms with Gasteiger partial charge in [-0.15, -0.1) is 0 Å². The number of rotatable bonds is 7. The van der Waals surface area contributed by atoms with Gasteiger partial charge in [0.15, 0.2) is 0 Å². The van der Waals surface area contributed by atoms with Crippen LogP contribution in [-0.2, 0) is 12.8 Å². The largest absolute Gasteiger partial charge is 0.378 e. The van der Waals surface area contributed by atoms with E-state index in [2.05, 4.69) is 113 Å². The van der Waals surface area contributed by atoms with Crippen molar-refractivity contribution in [3.8, 4) is 0 Å². The van der Waals surface area contributed by atoms with Crippen LogP contribution in [0.3, 0.4) is 0 Å². The minimum absolute atomic E-state index is 0.195. The normalized spacial score (nSPS) is 11.0. The number of hydrogen-bond acceptors (Lipinski definition) is 3. The van der Waals surface area contributed by atoms with Gasteiger partial charge in [0.05, 0.1) is 0 Å². The maximum Gasteiger partial charge on any atom is 0.0407 e. The zero-order chi connectivity index (χ0) is 21.0. The Balaban J connectivity index is 2.13. The molecule has 152 valence electrons. The molecule has 0 bridgehead atoms. The van der Waals surface area contributed by atoms with Crippen molar-refractivity contribution in [2.75, 3.05) is 38.0 Å². The lowest BCUT2D eigenvalue weighted by Gasteiger charge is -2.22. The lowest BCUT2D eigenvalue weighted by atomic mass is 9.84. The van der Waals surface area contributed by atoms with E-state index in [4.69, 9.17) is 4.98 Å². The minimum atomic E-state index is 0.195. The second kappa shape index (κ2) is 9.13. The Morgan fingerprint density at radius 1 is 0.621 bits per heavy atom. The number of hydrogen-bond donors (Lipinski definition) is 0. The zero-order valence-corrected chi connectivity index (χ0v) is 18.6. The number of aryl methyl sites for hydroxylation is 2. The molecule has 1 heterocycles. The predicted octanol–water partition coefficient (Wildman–Crippen LogP) is 5.52. The van der Waals surface area contributed by atoms with Crippen molar-refractivity contribution in [1.29, 1.82) is 0 Å². The van der Waals surface area contributed by atoms with Gasteiger partial charge >= 0.3 is 0 Å². The summed E-state index contributed by atoms with van der Waals surface area (Å²) in [5, 5.41) is 0. The quantitative estimate of drug-likeness (QED) is 0.532. The molecule has 0 saturated heterocycles. The lowest BCUT2D eigenvalue weighted by Crippen LogP contribution is -2.11. The third-order valence-corrected chi connectivity index (χ3v) is 5.50. The van der Waals surface area contributed by atoms with Gasteiger partial charge in [-0.1, -0.05) is 38.1 Å². The summed E-state index contributed by atoms with van der Waals surface area (Å²) in [6.45, 7) is 4.36. The number of anilines is 2. The van der Waals surface area contributed by atoms with E-state index < -0.39 is 0 Å². The molecule has 0 fully saturated rings. The summed E-state index contributed by atoms with van der Waals surface area (Å²) in [5.41, 5.74) is 8.71. The molecule has 29 heavy (non-hydrogen) atoms. The average Bonchev–Trinajstić information content (AvgIpc) is 2.74. The Labute approximate surface area is 176 Å². The highest BCUT2D eigenvalue weighted by atomic mass is 15.1. The molecular formula is C26H33N3. The fraction of sp³-hybridized carbons (Fsp3) is 0.346. The molecule has 3 nitrogen and oxygen atoms in total. The van der Waals surface area contributed by atoms with Crippen LogP contribution in [0.15, 0.2) is 60.7 Å². The summed E-state index contributed by atoms with van der Waals surface area (Å²) >= 11 is 0. The SMILES string of the molecule is CCc1cc(C(c2ccc(N(C)C)cc2)c2ccc(N(C)C)cc2)cc(CC)n1. The Bertz CT molecular complexity index is 851. The Kier molecular flexibility index (Phi) is 6.58. The fourth-order valence-corrected chi connectivity index (χ4v) is 3.71. The highest BCUT2D eigenvalue weighted by molar-refractivity contribution is 5.53. The summed E-state index contributed by atoms with van der Waals surface area (Å²) in [5.74, 6) is 0.195. The standard InChI is InChI=1S/C26H33N3/c1-7-22-17-21(18-23(8-2)27-22)26(19-9-13-24(14-10-19)28(3)4)20-11-15-25(16-12-20)29(5)6/h9-18,26H,7-8H2,1-6H3. The van der Waals surface area contributed by atoms with Crippen molar-refractivity contribution in [1.82, 2.24) is 4.98 Å². The maximum absolute atomic E-state index is 4.80. The van der Waals surface area contributed by atoms with Crippen molar-refractivity contribution in [3.05, 3.63) is 88.7 Å². The molecule has 0 unspecified atom stereocenters. The average molecular weight is 388 g/mol. The Morgan fingerprint density at radius 3 is 1.31 bits per heavy atom. The zero-order valence-electron chi connectivity index (χ0n) is 18.6. The second-order valence-electron chi connectivity index (χ2n) is 8.00. The molecule has 0 amide bonds. The molecule has 1 aromatic heterocycles. The van der Waals surface area contributed by atoms with Gasteiger partial charge in [0, 0.05) is 56.9 Å². The van der Waals surface area contributed by atoms with Crippen LogP contribution in [-0.4, -0.2) is 33.2 Å². The highest BCUT2D eigenvalue weighted by Crippen LogP contribution is 2.34. The third-order valence-electron chi connectivity index (χ3n) is 5.50. The first-order valence-electron chi connectivity index (χ1n) is 10.5. The summed E-state index contributed by atoms with van der Waals surface area (Å²) < 4.78 is 0. The molecule has 0 spiro atoms. The van der Waals surface area contributed by atoms with Gasteiger partial charge in [-0.25, -0.2) is 0 Å². The first-order chi connectivity index (χ1) is 13.9. The van der Waals surface area contributed by atoms with Crippen LogP contribution in [0.4, 0.5) is 11.4 Å². The van der Waals surface area contributed by atoms with E-state index >= 15 is 0 Å². The van der Waals surface area contributed by atoms with E-state index in [0.29, 0.717) is 0 Å². The first-order valence-corrected chi connectivity index (χ1v) is 10.5. The van der Waals surface area contributed by atoms with Crippen molar-refractivity contribution in [2.45, 2.75) is 32.6 Å². The monoisotopic (exact) mass is 387 g/mol. The molecule has 0 atom stereocenters. The molecular weight excluding hydrogens is 354 g/mol. The van der Waals surface area contributed by atoms with E-state index in [9.17, 15) is 0 Å². The van der Waals surface area contributed by atoms with Crippen LogP contribution in [0, 0.1) is 0 Å².